The van der Waals surface area contributed by atoms with E-state index in [2.05, 4.69) is 24.8 Å². The van der Waals surface area contributed by atoms with Gasteiger partial charge in [0.15, 0.2) is 0 Å². The molecule has 2 nitrogen and oxygen atoms in total. The van der Waals surface area contributed by atoms with E-state index in [1.54, 1.807) is 0 Å². The van der Waals surface area contributed by atoms with E-state index in [1.165, 1.54) is 19.4 Å². The Morgan fingerprint density at radius 1 is 1.29 bits per heavy atom. The van der Waals surface area contributed by atoms with Crippen molar-refractivity contribution in [3.05, 3.63) is 0 Å². The fourth-order valence-corrected chi connectivity index (χ4v) is 1.75. The molecule has 1 aliphatic heterocycles. The molecular formula is C12H24N2. The number of hydrogen-bond acceptors (Lipinski definition) is 2. The second-order valence-corrected chi connectivity index (χ2v) is 3.91. The van der Waals surface area contributed by atoms with E-state index in [1.807, 2.05) is 13.8 Å². The van der Waals surface area contributed by atoms with Gasteiger partial charge in [0.2, 0.25) is 0 Å². The molecule has 0 N–H and O–H groups in total. The summed E-state index contributed by atoms with van der Waals surface area (Å²) in [6, 6.07) is 2.98. The quantitative estimate of drug-likeness (QED) is 0.644. The van der Waals surface area contributed by atoms with Gasteiger partial charge in [-0.2, -0.15) is 5.26 Å². The molecule has 1 rings (SSSR count). The molecule has 1 atom stereocenters. The summed E-state index contributed by atoms with van der Waals surface area (Å²) >= 11 is 0. The van der Waals surface area contributed by atoms with Crippen LogP contribution in [0, 0.1) is 17.2 Å². The molecule has 0 aromatic rings. The van der Waals surface area contributed by atoms with Crippen LogP contribution < -0.4 is 0 Å². The van der Waals surface area contributed by atoms with Gasteiger partial charge in [0, 0.05) is 12.6 Å². The Balaban J connectivity index is 0.000000791. The first-order valence-corrected chi connectivity index (χ1v) is 5.87. The van der Waals surface area contributed by atoms with Crippen LogP contribution in [-0.2, 0) is 0 Å². The van der Waals surface area contributed by atoms with E-state index in [4.69, 9.17) is 5.26 Å². The van der Waals surface area contributed by atoms with Gasteiger partial charge in [-0.25, -0.2) is 0 Å². The maximum absolute atomic E-state index is 8.84. The molecular weight excluding hydrogens is 172 g/mol. The van der Waals surface area contributed by atoms with Crippen molar-refractivity contribution in [2.45, 2.75) is 53.0 Å². The van der Waals surface area contributed by atoms with E-state index >= 15 is 0 Å². The topological polar surface area (TPSA) is 27.0 Å². The lowest BCUT2D eigenvalue weighted by Crippen LogP contribution is -2.34. The normalized spacial score (nSPS) is 23.3. The molecule has 82 valence electrons. The molecule has 14 heavy (non-hydrogen) atoms. The molecule has 0 amide bonds. The van der Waals surface area contributed by atoms with Crippen LogP contribution in [-0.4, -0.2) is 24.0 Å². The van der Waals surface area contributed by atoms with Crippen molar-refractivity contribution in [2.24, 2.45) is 5.92 Å². The maximum atomic E-state index is 8.84. The molecule has 0 bridgehead atoms. The highest BCUT2D eigenvalue weighted by molar-refractivity contribution is 4.87. The first-order chi connectivity index (χ1) is 6.74. The Morgan fingerprint density at radius 3 is 2.43 bits per heavy atom. The third-order valence-electron chi connectivity index (χ3n) is 2.62. The Morgan fingerprint density at radius 2 is 1.93 bits per heavy atom. The Bertz CT molecular complexity index is 170. The minimum Gasteiger partial charge on any atom is -0.300 e. The molecule has 2 heteroatoms. The van der Waals surface area contributed by atoms with Crippen LogP contribution in [0.2, 0.25) is 0 Å². The predicted molar refractivity (Wildman–Crippen MR) is 61.0 cm³/mol. The standard InChI is InChI=1S/C10H18N2.C2H6/c1-9(2)12-6-4-3-5-10(7-11)8-12;1-2/h9-10H,3-6,8H2,1-2H3;1-2H3. The first kappa shape index (κ1) is 13.4. The van der Waals surface area contributed by atoms with Gasteiger partial charge < -0.3 is 0 Å². The Hall–Kier alpha value is -0.550. The van der Waals surface area contributed by atoms with E-state index in [0.717, 1.165) is 13.0 Å². The van der Waals surface area contributed by atoms with Crippen LogP contribution in [0.15, 0.2) is 0 Å². The highest BCUT2D eigenvalue weighted by Crippen LogP contribution is 2.17. The van der Waals surface area contributed by atoms with Crippen LogP contribution in [0.3, 0.4) is 0 Å². The highest BCUT2D eigenvalue weighted by Gasteiger charge is 2.18. The lowest BCUT2D eigenvalue weighted by atomic mass is 10.1. The average molecular weight is 196 g/mol. The van der Waals surface area contributed by atoms with Crippen LogP contribution in [0.5, 0.6) is 0 Å². The zero-order valence-electron chi connectivity index (χ0n) is 10.1. The molecule has 1 aliphatic rings. The summed E-state index contributed by atoms with van der Waals surface area (Å²) in [5.41, 5.74) is 0. The summed E-state index contributed by atoms with van der Waals surface area (Å²) in [7, 11) is 0. The second kappa shape index (κ2) is 7.82. The molecule has 0 spiro atoms. The predicted octanol–water partition coefficient (Wildman–Crippen LogP) is 3.05. The summed E-state index contributed by atoms with van der Waals surface area (Å²) in [6.07, 6.45) is 3.58. The van der Waals surface area contributed by atoms with Crippen LogP contribution in [0.1, 0.15) is 47.0 Å². The lowest BCUT2D eigenvalue weighted by Gasteiger charge is -2.25. The van der Waals surface area contributed by atoms with Gasteiger partial charge >= 0.3 is 0 Å². The lowest BCUT2D eigenvalue weighted by molar-refractivity contribution is 0.217. The fourth-order valence-electron chi connectivity index (χ4n) is 1.75. The number of likely N-dealkylation sites (tertiary alicyclic amines) is 1. The van der Waals surface area contributed by atoms with Gasteiger partial charge in [0.05, 0.1) is 12.0 Å². The van der Waals surface area contributed by atoms with Gasteiger partial charge in [-0.05, 0) is 33.2 Å². The molecule has 1 saturated heterocycles. The number of rotatable bonds is 1. The molecule has 1 unspecified atom stereocenters. The minimum atomic E-state index is 0.273. The van der Waals surface area contributed by atoms with Crippen molar-refractivity contribution in [3.8, 4) is 6.07 Å². The van der Waals surface area contributed by atoms with Crippen LogP contribution in [0.4, 0.5) is 0 Å². The first-order valence-electron chi connectivity index (χ1n) is 5.87. The Labute approximate surface area is 88.9 Å². The maximum Gasteiger partial charge on any atom is 0.0669 e. The van der Waals surface area contributed by atoms with Crippen LogP contribution >= 0.6 is 0 Å². The van der Waals surface area contributed by atoms with E-state index in [0.29, 0.717) is 6.04 Å². The second-order valence-electron chi connectivity index (χ2n) is 3.91. The zero-order chi connectivity index (χ0) is 11.0. The molecule has 1 fully saturated rings. The highest BCUT2D eigenvalue weighted by atomic mass is 15.1. The van der Waals surface area contributed by atoms with Gasteiger partial charge in [-0.1, -0.05) is 20.3 Å². The van der Waals surface area contributed by atoms with Gasteiger partial charge in [-0.3, -0.25) is 4.90 Å². The Kier molecular flexibility index (Phi) is 7.51. The van der Waals surface area contributed by atoms with Crippen molar-refractivity contribution in [3.63, 3.8) is 0 Å². The van der Waals surface area contributed by atoms with Crippen LogP contribution in [0.25, 0.3) is 0 Å². The van der Waals surface area contributed by atoms with Crippen molar-refractivity contribution in [1.29, 1.82) is 5.26 Å². The molecule has 0 radical (unpaired) electrons. The van der Waals surface area contributed by atoms with E-state index in [9.17, 15) is 0 Å². The van der Waals surface area contributed by atoms with Crippen molar-refractivity contribution >= 4 is 0 Å². The third-order valence-corrected chi connectivity index (χ3v) is 2.62. The monoisotopic (exact) mass is 196 g/mol. The van der Waals surface area contributed by atoms with Crippen molar-refractivity contribution < 1.29 is 0 Å². The van der Waals surface area contributed by atoms with Crippen molar-refractivity contribution in [2.75, 3.05) is 13.1 Å². The summed E-state index contributed by atoms with van der Waals surface area (Å²) < 4.78 is 0. The summed E-state index contributed by atoms with van der Waals surface area (Å²) in [5, 5.41) is 8.84. The molecule has 0 aliphatic carbocycles. The molecule has 0 saturated carbocycles. The molecule has 0 aromatic carbocycles. The molecule has 1 heterocycles. The zero-order valence-corrected chi connectivity index (χ0v) is 10.1. The summed E-state index contributed by atoms with van der Waals surface area (Å²) in [6.45, 7) is 10.6. The average Bonchev–Trinajstić information content (AvgIpc) is 2.45. The van der Waals surface area contributed by atoms with Gasteiger partial charge in [0.1, 0.15) is 0 Å². The summed E-state index contributed by atoms with van der Waals surface area (Å²) in [5.74, 6) is 0.273. The molecule has 0 aromatic heterocycles. The number of nitriles is 1. The summed E-state index contributed by atoms with van der Waals surface area (Å²) in [4.78, 5) is 2.42. The van der Waals surface area contributed by atoms with E-state index in [-0.39, 0.29) is 5.92 Å². The smallest absolute Gasteiger partial charge is 0.0669 e. The minimum absolute atomic E-state index is 0.273. The van der Waals surface area contributed by atoms with Gasteiger partial charge in [0.25, 0.3) is 0 Å². The fraction of sp³-hybridized carbons (Fsp3) is 0.917. The van der Waals surface area contributed by atoms with Gasteiger partial charge in [-0.15, -0.1) is 0 Å². The third kappa shape index (κ3) is 4.62. The largest absolute Gasteiger partial charge is 0.300 e. The van der Waals surface area contributed by atoms with Crippen molar-refractivity contribution in [1.82, 2.24) is 4.90 Å². The number of hydrogen-bond donors (Lipinski definition) is 0. The van der Waals surface area contributed by atoms with E-state index < -0.39 is 0 Å². The number of nitrogens with zero attached hydrogens (tertiary/aromatic N) is 2. The SMILES string of the molecule is CC.CC(C)N1CCCCC(C#N)C1.